The van der Waals surface area contributed by atoms with E-state index in [0.29, 0.717) is 24.8 Å². The molecular formula is C20H26O7. The number of cyclic esters (lactones) is 1. The van der Waals surface area contributed by atoms with Gasteiger partial charge in [-0.3, -0.25) is 0 Å². The van der Waals surface area contributed by atoms with Gasteiger partial charge in [-0.05, 0) is 30.8 Å². The zero-order valence-electron chi connectivity index (χ0n) is 15.5. The first-order valence-corrected chi connectivity index (χ1v) is 9.66. The van der Waals surface area contributed by atoms with Crippen molar-refractivity contribution in [3.63, 3.8) is 0 Å². The lowest BCUT2D eigenvalue weighted by molar-refractivity contribution is -0.267. The van der Waals surface area contributed by atoms with Gasteiger partial charge in [0.25, 0.3) is 0 Å². The van der Waals surface area contributed by atoms with Crippen molar-refractivity contribution in [2.45, 2.75) is 62.1 Å². The van der Waals surface area contributed by atoms with E-state index in [0.717, 1.165) is 5.57 Å². The minimum absolute atomic E-state index is 0.196. The molecule has 0 aromatic carbocycles. The molecule has 2 aliphatic heterocycles. The highest BCUT2D eigenvalue weighted by atomic mass is 16.6. The van der Waals surface area contributed by atoms with Gasteiger partial charge in [0, 0.05) is 23.5 Å². The van der Waals surface area contributed by atoms with Crippen LogP contribution in [0.25, 0.3) is 0 Å². The lowest BCUT2D eigenvalue weighted by Gasteiger charge is -2.62. The molecule has 2 heterocycles. The number of aliphatic hydroxyl groups excluding tert-OH is 2. The van der Waals surface area contributed by atoms with Gasteiger partial charge in [-0.15, -0.1) is 0 Å². The Kier molecular flexibility index (Phi) is 3.31. The maximum atomic E-state index is 12.0. The topological polar surface area (TPSA) is 116 Å². The summed E-state index contributed by atoms with van der Waals surface area (Å²) in [6.07, 6.45) is 2.37. The molecule has 0 amide bonds. The molecule has 1 saturated carbocycles. The van der Waals surface area contributed by atoms with Crippen LogP contribution in [-0.2, 0) is 14.3 Å². The maximum Gasteiger partial charge on any atom is 0.334 e. The first-order valence-electron chi connectivity index (χ1n) is 9.66. The molecule has 0 spiro atoms. The fraction of sp³-hybridized carbons (Fsp3) is 0.750. The Morgan fingerprint density at radius 2 is 2.07 bits per heavy atom. The number of carbonyl (C=O) groups excluding carboxylic acids is 1. The second kappa shape index (κ2) is 5.02. The van der Waals surface area contributed by atoms with Crippen LogP contribution in [-0.4, -0.2) is 68.6 Å². The molecule has 148 valence electrons. The largest absolute Gasteiger partial charge is 0.458 e. The van der Waals surface area contributed by atoms with Crippen LogP contribution in [0.4, 0.5) is 0 Å². The highest BCUT2D eigenvalue weighted by molar-refractivity contribution is 5.92. The number of carbonyl (C=O) groups is 1. The molecule has 0 aromatic heterocycles. The standard InChI is InChI=1S/C20H26O7/c1-10(8-21)18-5-6-19(24)17(2)4-3-11-12(9-26-15(11)22)13(17)7-14(27-18)20(19,25)16(18)23/h5-6,10,13-14,16,21,23-25H,3-4,7-9H2,1-2H3/t10?,13?,14-,16-,17-,18-,19+,20+/m1/s1. The van der Waals surface area contributed by atoms with E-state index in [-0.39, 0.29) is 25.1 Å². The van der Waals surface area contributed by atoms with Crippen LogP contribution in [0.1, 0.15) is 33.1 Å². The van der Waals surface area contributed by atoms with Gasteiger partial charge < -0.3 is 29.9 Å². The summed E-state index contributed by atoms with van der Waals surface area (Å²) in [7, 11) is 0. The second-order valence-corrected chi connectivity index (χ2v) is 9.16. The van der Waals surface area contributed by atoms with E-state index in [1.54, 1.807) is 19.1 Å². The van der Waals surface area contributed by atoms with Crippen LogP contribution in [0.15, 0.2) is 23.3 Å². The third-order valence-electron chi connectivity index (χ3n) is 8.32. The zero-order valence-corrected chi connectivity index (χ0v) is 15.5. The van der Waals surface area contributed by atoms with E-state index in [4.69, 9.17) is 9.47 Å². The first-order chi connectivity index (χ1) is 12.7. The Bertz CT molecular complexity index is 789. The van der Waals surface area contributed by atoms with E-state index in [2.05, 4.69) is 0 Å². The molecular weight excluding hydrogens is 352 g/mol. The van der Waals surface area contributed by atoms with Gasteiger partial charge in [-0.2, -0.15) is 0 Å². The molecule has 0 aromatic rings. The molecule has 27 heavy (non-hydrogen) atoms. The van der Waals surface area contributed by atoms with Gasteiger partial charge in [0.1, 0.15) is 23.9 Å². The summed E-state index contributed by atoms with van der Waals surface area (Å²) in [5.74, 6) is -0.945. The molecule has 7 heteroatoms. The predicted octanol–water partition coefficient (Wildman–Crippen LogP) is -0.181. The number of esters is 1. The van der Waals surface area contributed by atoms with E-state index >= 15 is 0 Å². The minimum atomic E-state index is -1.88. The fourth-order valence-electron chi connectivity index (χ4n) is 6.50. The monoisotopic (exact) mass is 378 g/mol. The number of hydrogen-bond donors (Lipinski definition) is 4. The molecule has 1 saturated heterocycles. The molecule has 4 N–H and O–H groups in total. The quantitative estimate of drug-likeness (QED) is 0.389. The summed E-state index contributed by atoms with van der Waals surface area (Å²) in [6, 6.07) is 0. The van der Waals surface area contributed by atoms with Gasteiger partial charge in [0.05, 0.1) is 6.10 Å². The van der Waals surface area contributed by atoms with Crippen molar-refractivity contribution < 1.29 is 34.7 Å². The lowest BCUT2D eigenvalue weighted by Crippen LogP contribution is -2.77. The van der Waals surface area contributed by atoms with Crippen molar-refractivity contribution >= 4 is 5.97 Å². The summed E-state index contributed by atoms with van der Waals surface area (Å²) in [6.45, 7) is 3.65. The molecule has 7 nitrogen and oxygen atoms in total. The minimum Gasteiger partial charge on any atom is -0.458 e. The lowest BCUT2D eigenvalue weighted by atomic mass is 9.45. The van der Waals surface area contributed by atoms with Crippen LogP contribution in [0.5, 0.6) is 0 Å². The Morgan fingerprint density at radius 3 is 2.78 bits per heavy atom. The predicted molar refractivity (Wildman–Crippen MR) is 92.3 cm³/mol. The van der Waals surface area contributed by atoms with Crippen molar-refractivity contribution in [1.82, 2.24) is 0 Å². The summed E-state index contributed by atoms with van der Waals surface area (Å²) < 4.78 is 11.4. The molecule has 2 unspecified atom stereocenters. The molecule has 2 fully saturated rings. The van der Waals surface area contributed by atoms with Gasteiger partial charge in [-0.25, -0.2) is 4.79 Å². The third kappa shape index (κ3) is 1.66. The number of hydrogen-bond acceptors (Lipinski definition) is 7. The van der Waals surface area contributed by atoms with Gasteiger partial charge in [0.15, 0.2) is 5.60 Å². The average molecular weight is 378 g/mol. The van der Waals surface area contributed by atoms with Crippen LogP contribution >= 0.6 is 0 Å². The summed E-state index contributed by atoms with van der Waals surface area (Å²) in [5.41, 5.74) is -4.05. The van der Waals surface area contributed by atoms with Crippen molar-refractivity contribution in [3.8, 4) is 0 Å². The molecule has 5 aliphatic rings. The first kappa shape index (κ1) is 17.8. The van der Waals surface area contributed by atoms with Gasteiger partial charge in [-0.1, -0.05) is 26.0 Å². The van der Waals surface area contributed by atoms with Gasteiger partial charge >= 0.3 is 5.97 Å². The van der Waals surface area contributed by atoms with Crippen LogP contribution < -0.4 is 0 Å². The maximum absolute atomic E-state index is 12.0. The Labute approximate surface area is 157 Å². The fourth-order valence-corrected chi connectivity index (χ4v) is 6.50. The van der Waals surface area contributed by atoms with Crippen LogP contribution in [0.3, 0.4) is 0 Å². The van der Waals surface area contributed by atoms with E-state index < -0.39 is 40.3 Å². The molecule has 8 atom stereocenters. The Balaban J connectivity index is 1.69. The van der Waals surface area contributed by atoms with Gasteiger partial charge in [0.2, 0.25) is 0 Å². The van der Waals surface area contributed by atoms with Crippen molar-refractivity contribution in [2.24, 2.45) is 17.3 Å². The molecule has 2 bridgehead atoms. The van der Waals surface area contributed by atoms with E-state index in [9.17, 15) is 25.2 Å². The summed E-state index contributed by atoms with van der Waals surface area (Å²) in [5, 5.41) is 44.3. The van der Waals surface area contributed by atoms with Crippen molar-refractivity contribution in [3.05, 3.63) is 23.3 Å². The number of fused-ring (bicyclic) bond motifs is 4. The number of aliphatic hydroxyl groups is 4. The summed E-state index contributed by atoms with van der Waals surface area (Å²) >= 11 is 0. The molecule has 5 rings (SSSR count). The molecule has 0 radical (unpaired) electrons. The number of rotatable bonds is 2. The van der Waals surface area contributed by atoms with E-state index in [1.165, 1.54) is 0 Å². The van der Waals surface area contributed by atoms with Crippen molar-refractivity contribution in [1.29, 1.82) is 0 Å². The Morgan fingerprint density at radius 1 is 1.33 bits per heavy atom. The summed E-state index contributed by atoms with van der Waals surface area (Å²) in [4.78, 5) is 12.0. The SMILES string of the molecule is CC(CO)[C@@]12C=C[C@@]3(O)[C@](O)([C@@H](CC4C5=C(CC[C@]43C)C(=O)OC5)O1)[C@@H]2O. The number of ether oxygens (including phenoxy) is 2. The Hall–Kier alpha value is -1.25. The highest BCUT2D eigenvalue weighted by Gasteiger charge is 2.80. The second-order valence-electron chi connectivity index (χ2n) is 9.16. The average Bonchev–Trinajstić information content (AvgIpc) is 3.10. The molecule has 3 aliphatic carbocycles. The third-order valence-corrected chi connectivity index (χ3v) is 8.32. The highest BCUT2D eigenvalue weighted by Crippen LogP contribution is 2.67. The van der Waals surface area contributed by atoms with E-state index in [1.807, 2.05) is 6.92 Å². The van der Waals surface area contributed by atoms with Crippen LogP contribution in [0, 0.1) is 17.3 Å². The van der Waals surface area contributed by atoms with Crippen LogP contribution in [0.2, 0.25) is 0 Å². The smallest absolute Gasteiger partial charge is 0.334 e. The van der Waals surface area contributed by atoms with Crippen molar-refractivity contribution in [2.75, 3.05) is 13.2 Å². The zero-order chi connectivity index (χ0) is 19.4. The normalized spacial score (nSPS) is 53.9.